The lowest BCUT2D eigenvalue weighted by atomic mass is 10.2. The van der Waals surface area contributed by atoms with Crippen LogP contribution in [-0.4, -0.2) is 28.5 Å². The van der Waals surface area contributed by atoms with Crippen LogP contribution < -0.4 is 10.6 Å². The van der Waals surface area contributed by atoms with Crippen molar-refractivity contribution < 1.29 is 9.59 Å². The monoisotopic (exact) mass is 275 g/mol. The molecule has 0 spiro atoms. The topological polar surface area (TPSA) is 71.1 Å². The summed E-state index contributed by atoms with van der Waals surface area (Å²) in [4.78, 5) is 26.6. The quantitative estimate of drug-likeness (QED) is 0.595. The number of halogens is 1. The fraction of sp³-hybridized carbons (Fsp3) is 0.286. The summed E-state index contributed by atoms with van der Waals surface area (Å²) in [6.07, 6.45) is 0. The van der Waals surface area contributed by atoms with Gasteiger partial charge in [-0.25, -0.2) is 4.98 Å². The van der Waals surface area contributed by atoms with Crippen LogP contribution in [0.2, 0.25) is 0 Å². The number of nitrogens with zero attached hydrogens (tertiary/aromatic N) is 1. The van der Waals surface area contributed by atoms with Gasteiger partial charge >= 0.3 is 0 Å². The molecule has 0 aliphatic carbocycles. The summed E-state index contributed by atoms with van der Waals surface area (Å²) >= 11 is 4.25. The lowest BCUT2D eigenvalue weighted by Crippen LogP contribution is -2.35. The molecule has 1 aliphatic heterocycles. The molecule has 2 N–H and O–H groups in total. The number of fused-ring (bicyclic) bond motifs is 1. The first-order valence-corrected chi connectivity index (χ1v) is 5.54. The van der Waals surface area contributed by atoms with E-state index in [0.29, 0.717) is 15.8 Å². The molecule has 1 aromatic rings. The Hall–Kier alpha value is -0.950. The van der Waals surface area contributed by atoms with E-state index in [1.807, 2.05) is 0 Å². The van der Waals surface area contributed by atoms with Crippen molar-refractivity contribution in [1.82, 2.24) is 4.98 Å². The Balaban J connectivity index is 2.48. The van der Waals surface area contributed by atoms with E-state index in [-0.39, 0.29) is 11.7 Å². The average Bonchev–Trinajstić information content (AvgIpc) is 2.57. The van der Waals surface area contributed by atoms with Crippen LogP contribution in [0.5, 0.6) is 0 Å². The normalized spacial score (nSPS) is 20.3. The second kappa shape index (κ2) is 3.32. The van der Waals surface area contributed by atoms with Crippen molar-refractivity contribution in [3.05, 3.63) is 4.88 Å². The number of thiazole rings is 1. The third-order valence-electron chi connectivity index (χ3n) is 1.77. The summed E-state index contributed by atoms with van der Waals surface area (Å²) in [5.74, 6) is -0.247. The number of rotatable bonds is 1. The maximum atomic E-state index is 11.6. The van der Waals surface area contributed by atoms with Crippen molar-refractivity contribution in [2.45, 2.75) is 4.83 Å². The lowest BCUT2D eigenvalue weighted by molar-refractivity contribution is -0.115. The second-order valence-electron chi connectivity index (χ2n) is 2.66. The zero-order chi connectivity index (χ0) is 10.3. The van der Waals surface area contributed by atoms with E-state index in [4.69, 9.17) is 0 Å². The highest BCUT2D eigenvalue weighted by molar-refractivity contribution is 9.10. The van der Waals surface area contributed by atoms with Crippen LogP contribution in [-0.2, 0) is 4.79 Å². The molecule has 1 amide bonds. The van der Waals surface area contributed by atoms with Gasteiger partial charge in [0.1, 0.15) is 4.88 Å². The van der Waals surface area contributed by atoms with Gasteiger partial charge in [-0.1, -0.05) is 27.3 Å². The summed E-state index contributed by atoms with van der Waals surface area (Å²) in [5, 5.41) is 5.99. The number of carbonyl (C=O) groups is 2. The maximum absolute atomic E-state index is 11.6. The number of carbonyl (C=O) groups excluding carboxylic acids is 2. The van der Waals surface area contributed by atoms with Crippen molar-refractivity contribution in [2.75, 3.05) is 17.7 Å². The predicted octanol–water partition coefficient (Wildman–Crippen LogP) is 1.08. The highest BCUT2D eigenvalue weighted by Crippen LogP contribution is 2.32. The molecule has 1 aliphatic rings. The number of amides is 1. The van der Waals surface area contributed by atoms with E-state index in [2.05, 4.69) is 31.5 Å². The minimum Gasteiger partial charge on any atom is -0.365 e. The molecule has 5 nitrogen and oxygen atoms in total. The van der Waals surface area contributed by atoms with E-state index < -0.39 is 4.83 Å². The van der Waals surface area contributed by atoms with Crippen LogP contribution in [0.15, 0.2) is 0 Å². The minimum absolute atomic E-state index is 0.234. The smallest absolute Gasteiger partial charge is 0.247 e. The maximum Gasteiger partial charge on any atom is 0.247 e. The zero-order valence-electron chi connectivity index (χ0n) is 7.13. The molecule has 14 heavy (non-hydrogen) atoms. The van der Waals surface area contributed by atoms with Gasteiger partial charge in [-0.3, -0.25) is 9.59 Å². The first kappa shape index (κ1) is 9.60. The van der Waals surface area contributed by atoms with E-state index in [9.17, 15) is 9.59 Å². The molecular weight excluding hydrogens is 270 g/mol. The number of hydrogen-bond donors (Lipinski definition) is 2. The molecule has 1 aromatic heterocycles. The molecule has 0 aromatic carbocycles. The summed E-state index contributed by atoms with van der Waals surface area (Å²) in [6.45, 7) is 0. The van der Waals surface area contributed by atoms with Crippen molar-refractivity contribution in [2.24, 2.45) is 0 Å². The first-order chi connectivity index (χ1) is 6.63. The predicted molar refractivity (Wildman–Crippen MR) is 57.3 cm³/mol. The standard InChI is InChI=1S/C7H6BrN3O2S/c1-9-7-11-5-4(14-7)3(12)2(8)6(13)10-5/h2H,1H3,(H,9,11)(H,10,13). The van der Waals surface area contributed by atoms with Crippen molar-refractivity contribution in [1.29, 1.82) is 0 Å². The van der Waals surface area contributed by atoms with E-state index in [1.165, 1.54) is 11.3 Å². The van der Waals surface area contributed by atoms with Gasteiger partial charge in [-0.05, 0) is 0 Å². The van der Waals surface area contributed by atoms with Crippen LogP contribution in [0.25, 0.3) is 0 Å². The molecule has 74 valence electrons. The van der Waals surface area contributed by atoms with Gasteiger partial charge in [0.15, 0.2) is 21.6 Å². The Morgan fingerprint density at radius 2 is 2.29 bits per heavy atom. The van der Waals surface area contributed by atoms with Gasteiger partial charge in [0.05, 0.1) is 0 Å². The second-order valence-corrected chi connectivity index (χ2v) is 4.58. The van der Waals surface area contributed by atoms with Gasteiger partial charge in [0.25, 0.3) is 0 Å². The number of ketones is 1. The van der Waals surface area contributed by atoms with Gasteiger partial charge in [0, 0.05) is 7.05 Å². The Kier molecular flexibility index (Phi) is 2.28. The highest BCUT2D eigenvalue weighted by atomic mass is 79.9. The number of Topliss-reactive ketones (excluding diaryl/α,β-unsaturated/α-hetero) is 1. The van der Waals surface area contributed by atoms with Crippen LogP contribution in [0.4, 0.5) is 10.9 Å². The molecule has 0 saturated heterocycles. The molecule has 2 rings (SSSR count). The number of hydrogen-bond acceptors (Lipinski definition) is 5. The Bertz CT molecular complexity index is 417. The van der Waals surface area contributed by atoms with Gasteiger partial charge < -0.3 is 10.6 Å². The summed E-state index contributed by atoms with van der Waals surface area (Å²) in [7, 11) is 1.71. The van der Waals surface area contributed by atoms with Crippen molar-refractivity contribution in [3.63, 3.8) is 0 Å². The van der Waals surface area contributed by atoms with Gasteiger partial charge in [0.2, 0.25) is 5.91 Å². The largest absolute Gasteiger partial charge is 0.365 e. The fourth-order valence-corrected chi connectivity index (χ4v) is 2.43. The molecule has 1 atom stereocenters. The summed E-state index contributed by atoms with van der Waals surface area (Å²) in [6, 6.07) is 0. The number of aromatic nitrogens is 1. The van der Waals surface area contributed by atoms with Gasteiger partial charge in [-0.2, -0.15) is 0 Å². The lowest BCUT2D eigenvalue weighted by Gasteiger charge is -2.13. The summed E-state index contributed by atoms with van der Waals surface area (Å²) < 4.78 is 0. The number of anilines is 2. The fourth-order valence-electron chi connectivity index (χ4n) is 1.09. The van der Waals surface area contributed by atoms with Gasteiger partial charge in [-0.15, -0.1) is 0 Å². The SMILES string of the molecule is CNc1nc2c(s1)C(=O)C(Br)C(=O)N2. The van der Waals surface area contributed by atoms with Crippen LogP contribution in [0, 0.1) is 0 Å². The van der Waals surface area contributed by atoms with Crippen molar-refractivity contribution >= 4 is 49.9 Å². The van der Waals surface area contributed by atoms with Crippen molar-refractivity contribution in [3.8, 4) is 0 Å². The average molecular weight is 276 g/mol. The minimum atomic E-state index is -0.792. The molecule has 7 heteroatoms. The van der Waals surface area contributed by atoms with E-state index in [1.54, 1.807) is 7.05 Å². The zero-order valence-corrected chi connectivity index (χ0v) is 9.53. The van der Waals surface area contributed by atoms with E-state index >= 15 is 0 Å². The van der Waals surface area contributed by atoms with Crippen LogP contribution in [0.3, 0.4) is 0 Å². The molecule has 2 heterocycles. The molecule has 0 bridgehead atoms. The summed E-state index contributed by atoms with van der Waals surface area (Å²) in [5.41, 5.74) is 0. The Labute approximate surface area is 92.0 Å². The molecular formula is C7H6BrN3O2S. The number of nitrogens with one attached hydrogen (secondary N) is 2. The van der Waals surface area contributed by atoms with Crippen LogP contribution >= 0.6 is 27.3 Å². The molecule has 0 radical (unpaired) electrons. The highest BCUT2D eigenvalue weighted by Gasteiger charge is 2.35. The Morgan fingerprint density at radius 1 is 1.57 bits per heavy atom. The molecule has 0 saturated carbocycles. The third kappa shape index (κ3) is 1.32. The van der Waals surface area contributed by atoms with Crippen LogP contribution in [0.1, 0.15) is 9.67 Å². The Morgan fingerprint density at radius 3 is 2.93 bits per heavy atom. The molecule has 0 fully saturated rings. The first-order valence-electron chi connectivity index (χ1n) is 3.81. The number of alkyl halides is 1. The third-order valence-corrected chi connectivity index (χ3v) is 3.69. The van der Waals surface area contributed by atoms with E-state index in [0.717, 1.165) is 0 Å². The molecule has 1 unspecified atom stereocenters.